The molecule has 0 saturated carbocycles. The largest absolute Gasteiger partial charge is 0.403 e. The highest BCUT2D eigenvalue weighted by atomic mass is 32.1. The monoisotopic (exact) mass is 134 g/mol. The summed E-state index contributed by atoms with van der Waals surface area (Å²) in [6, 6.07) is 0. The Kier molecular flexibility index (Phi) is 11.6. The number of hydrogen-bond donors (Lipinski definition) is 4. The van der Waals surface area contributed by atoms with E-state index in [9.17, 15) is 0 Å². The zero-order chi connectivity index (χ0) is 6.99. The van der Waals surface area contributed by atoms with Crippen LogP contribution in [-0.2, 0) is 0 Å². The van der Waals surface area contributed by atoms with Gasteiger partial charge in [-0.15, -0.1) is 0 Å². The van der Waals surface area contributed by atoms with Crippen molar-refractivity contribution in [3.63, 3.8) is 0 Å². The minimum atomic E-state index is -0.333. The van der Waals surface area contributed by atoms with Gasteiger partial charge in [0.2, 0.25) is 0 Å². The summed E-state index contributed by atoms with van der Waals surface area (Å²) in [7, 11) is 0. The molecule has 0 unspecified atom stereocenters. The standard InChI is InChI=1S/CH5N3.CHNOS/c2-1(3)4;3-2-1-4/h(H5,2,3,4);3H. The summed E-state index contributed by atoms with van der Waals surface area (Å²) in [6.45, 7) is 0. The van der Waals surface area contributed by atoms with Gasteiger partial charge in [0.1, 0.15) is 5.16 Å². The van der Waals surface area contributed by atoms with E-state index in [2.05, 4.69) is 28.8 Å². The molecule has 0 atom stereocenters. The molecule has 0 heterocycles. The van der Waals surface area contributed by atoms with Crippen molar-refractivity contribution in [3.05, 3.63) is 0 Å². The van der Waals surface area contributed by atoms with Crippen molar-refractivity contribution in [2.24, 2.45) is 16.6 Å². The van der Waals surface area contributed by atoms with Crippen LogP contribution in [-0.4, -0.2) is 16.3 Å². The van der Waals surface area contributed by atoms with Gasteiger partial charge < -0.3 is 16.7 Å². The summed E-state index contributed by atoms with van der Waals surface area (Å²) in [5, 5.41) is 17.3. The van der Waals surface area contributed by atoms with Crippen molar-refractivity contribution in [1.29, 1.82) is 5.41 Å². The predicted octanol–water partition coefficient (Wildman–Crippen LogP) is -0.683. The molecule has 0 aliphatic heterocycles. The van der Waals surface area contributed by atoms with Crippen LogP contribution in [0.3, 0.4) is 0 Å². The van der Waals surface area contributed by atoms with Crippen LogP contribution in [0.4, 0.5) is 0 Å². The lowest BCUT2D eigenvalue weighted by Gasteiger charge is -1.69. The Bertz CT molecular complexity index is 103. The molecule has 8 heavy (non-hydrogen) atoms. The van der Waals surface area contributed by atoms with Gasteiger partial charge in [0.15, 0.2) is 5.96 Å². The molecule has 0 aliphatic carbocycles. The van der Waals surface area contributed by atoms with Crippen LogP contribution in [0.2, 0.25) is 0 Å². The Morgan fingerprint density at radius 1 is 1.75 bits per heavy atom. The first-order valence-electron chi connectivity index (χ1n) is 1.46. The third-order valence-corrected chi connectivity index (χ3v) is 0.122. The minimum Gasteiger partial charge on any atom is -0.403 e. The fraction of sp³-hybridized carbons (Fsp3) is 0. The summed E-state index contributed by atoms with van der Waals surface area (Å²) in [4.78, 5) is 0. The molecule has 0 bridgehead atoms. The summed E-state index contributed by atoms with van der Waals surface area (Å²) in [6.07, 6.45) is 0. The lowest BCUT2D eigenvalue weighted by molar-refractivity contribution is 0.323. The third kappa shape index (κ3) is 4320. The molecule has 0 saturated heterocycles. The molecule has 0 aromatic rings. The predicted molar refractivity (Wildman–Crippen MR) is 32.9 cm³/mol. The van der Waals surface area contributed by atoms with Gasteiger partial charge in [0.05, 0.1) is 0 Å². The molecular formula is C2H6N4OS. The Morgan fingerprint density at radius 3 is 1.88 bits per heavy atom. The molecule has 0 fully saturated rings. The lowest BCUT2D eigenvalue weighted by Crippen LogP contribution is -2.20. The molecule has 0 aliphatic rings. The van der Waals surface area contributed by atoms with Crippen LogP contribution in [0.15, 0.2) is 5.16 Å². The number of thiocarbonyl (C=S) groups is 1. The van der Waals surface area contributed by atoms with Gasteiger partial charge in [0.25, 0.3) is 0 Å². The minimum absolute atomic E-state index is 0.333. The maximum atomic E-state index is 7.28. The second-order valence-corrected chi connectivity index (χ2v) is 0.829. The average Bonchev–Trinajstić information content (AvgIpc) is 1.65. The van der Waals surface area contributed by atoms with E-state index >= 15 is 0 Å². The van der Waals surface area contributed by atoms with Crippen molar-refractivity contribution in [2.45, 2.75) is 0 Å². The molecule has 0 aromatic heterocycles. The van der Waals surface area contributed by atoms with Crippen LogP contribution in [0, 0.1) is 5.41 Å². The van der Waals surface area contributed by atoms with Crippen LogP contribution in [0.25, 0.3) is 0 Å². The summed E-state index contributed by atoms with van der Waals surface area (Å²) >= 11 is 3.89. The van der Waals surface area contributed by atoms with Gasteiger partial charge in [0, 0.05) is 0 Å². The van der Waals surface area contributed by atoms with Crippen molar-refractivity contribution in [1.82, 2.24) is 0 Å². The Hall–Kier alpha value is -1.13. The third-order valence-electron chi connectivity index (χ3n) is 0.0408. The highest BCUT2D eigenvalue weighted by molar-refractivity contribution is 7.78. The van der Waals surface area contributed by atoms with E-state index in [-0.39, 0.29) is 5.96 Å². The van der Waals surface area contributed by atoms with E-state index in [0.717, 1.165) is 0 Å². The molecule has 5 nitrogen and oxygen atoms in total. The Labute approximate surface area is 51.5 Å². The average molecular weight is 134 g/mol. The van der Waals surface area contributed by atoms with E-state index in [1.165, 1.54) is 0 Å². The molecule has 0 amide bonds. The first-order valence-corrected chi connectivity index (χ1v) is 1.86. The zero-order valence-corrected chi connectivity index (χ0v) is 4.77. The summed E-state index contributed by atoms with van der Waals surface area (Å²) < 4.78 is 0. The highest BCUT2D eigenvalue weighted by Gasteiger charge is 1.52. The van der Waals surface area contributed by atoms with Crippen molar-refractivity contribution >= 4 is 23.3 Å². The number of isothiocyanates is 1. The fourth-order valence-corrected chi connectivity index (χ4v) is 0. The molecular weight excluding hydrogens is 128 g/mol. The van der Waals surface area contributed by atoms with Gasteiger partial charge in [-0.25, -0.2) is 0 Å². The number of hydrogen-bond acceptors (Lipinski definition) is 4. The smallest absolute Gasteiger partial charge is 0.183 e. The van der Waals surface area contributed by atoms with Crippen molar-refractivity contribution in [2.75, 3.05) is 0 Å². The van der Waals surface area contributed by atoms with Gasteiger partial charge in [-0.1, -0.05) is 0 Å². The lowest BCUT2D eigenvalue weighted by atomic mass is 11.1. The topological polar surface area (TPSA) is 108 Å². The molecule has 46 valence electrons. The van der Waals surface area contributed by atoms with Gasteiger partial charge in [-0.3, -0.25) is 5.41 Å². The normalized spacial score (nSPS) is 5.00. The molecule has 0 radical (unpaired) electrons. The summed E-state index contributed by atoms with van der Waals surface area (Å²) in [5.41, 5.74) is 8.94. The number of rotatable bonds is 0. The van der Waals surface area contributed by atoms with Crippen LogP contribution in [0.5, 0.6) is 0 Å². The Balaban J connectivity index is 0. The number of nitrogens with one attached hydrogen (secondary N) is 1. The first-order chi connectivity index (χ1) is 3.65. The zero-order valence-electron chi connectivity index (χ0n) is 3.96. The first kappa shape index (κ1) is 9.98. The Morgan fingerprint density at radius 2 is 1.88 bits per heavy atom. The van der Waals surface area contributed by atoms with E-state index in [1.54, 1.807) is 5.16 Å². The quantitative estimate of drug-likeness (QED) is 0.116. The molecule has 0 rings (SSSR count). The van der Waals surface area contributed by atoms with E-state index in [4.69, 9.17) is 10.6 Å². The summed E-state index contributed by atoms with van der Waals surface area (Å²) in [5.74, 6) is -0.333. The van der Waals surface area contributed by atoms with Gasteiger partial charge >= 0.3 is 0 Å². The van der Waals surface area contributed by atoms with Gasteiger partial charge in [-0.05, 0) is 17.4 Å². The molecule has 0 aromatic carbocycles. The van der Waals surface area contributed by atoms with Crippen molar-refractivity contribution in [3.8, 4) is 0 Å². The highest BCUT2D eigenvalue weighted by Crippen LogP contribution is 1.35. The molecule has 6 heteroatoms. The van der Waals surface area contributed by atoms with E-state index in [0.29, 0.717) is 0 Å². The van der Waals surface area contributed by atoms with Gasteiger partial charge in [-0.2, -0.15) is 0 Å². The second kappa shape index (κ2) is 9.30. The SMILES string of the molecule is N=C(N)N.ON=C=S. The molecule has 0 spiro atoms. The maximum absolute atomic E-state index is 7.28. The number of nitrogens with two attached hydrogens (primary N) is 2. The number of nitrogens with zero attached hydrogens (tertiary/aromatic N) is 1. The van der Waals surface area contributed by atoms with Crippen LogP contribution >= 0.6 is 12.2 Å². The van der Waals surface area contributed by atoms with E-state index < -0.39 is 0 Å². The molecule has 6 N–H and O–H groups in total. The fourth-order valence-electron chi connectivity index (χ4n) is 0. The second-order valence-electron chi connectivity index (χ2n) is 0.647. The van der Waals surface area contributed by atoms with Crippen LogP contribution in [0.1, 0.15) is 0 Å². The van der Waals surface area contributed by atoms with Crippen molar-refractivity contribution < 1.29 is 5.21 Å². The van der Waals surface area contributed by atoms with Crippen LogP contribution < -0.4 is 11.5 Å². The number of guanidine groups is 1. The maximum Gasteiger partial charge on any atom is 0.183 e. The van der Waals surface area contributed by atoms with E-state index in [1.807, 2.05) is 0 Å².